The van der Waals surface area contributed by atoms with Crippen LogP contribution in [0.4, 0.5) is 17.1 Å². The van der Waals surface area contributed by atoms with Crippen LogP contribution in [0.2, 0.25) is 0 Å². The second kappa shape index (κ2) is 15.8. The first-order chi connectivity index (χ1) is 34.7. The predicted octanol–water partition coefficient (Wildman–Crippen LogP) is 17.4. The largest absolute Gasteiger partial charge is 0.455 e. The van der Waals surface area contributed by atoms with E-state index in [2.05, 4.69) is 278 Å². The minimum Gasteiger partial charge on any atom is -0.455 e. The Morgan fingerprint density at radius 3 is 1.39 bits per heavy atom. The summed E-state index contributed by atoms with van der Waals surface area (Å²) >= 11 is 0. The third-order valence-corrected chi connectivity index (χ3v) is 15.2. The number of furan rings is 1. The van der Waals surface area contributed by atoms with Crippen molar-refractivity contribution in [3.63, 3.8) is 0 Å². The summed E-state index contributed by atoms with van der Waals surface area (Å²) in [6, 6.07) is 100. The van der Waals surface area contributed by atoms with Gasteiger partial charge in [0.05, 0.1) is 21.9 Å². The van der Waals surface area contributed by atoms with Crippen molar-refractivity contribution in [3.8, 4) is 33.4 Å². The monoisotopic (exact) mass is 891 g/mol. The summed E-state index contributed by atoms with van der Waals surface area (Å²) in [6.45, 7) is 0. The first kappa shape index (κ1) is 40.1. The number of anilines is 3. The molecule has 0 unspecified atom stereocenters. The van der Waals surface area contributed by atoms with Crippen molar-refractivity contribution in [2.75, 3.05) is 4.90 Å². The van der Waals surface area contributed by atoms with E-state index in [0.717, 1.165) is 44.6 Å². The fourth-order valence-electron chi connectivity index (χ4n) is 12.4. The lowest BCUT2D eigenvalue weighted by Gasteiger charge is -2.35. The lowest BCUT2D eigenvalue weighted by molar-refractivity contribution is 0.669. The lowest BCUT2D eigenvalue weighted by Crippen LogP contribution is -2.28. The molecule has 0 saturated heterocycles. The summed E-state index contributed by atoms with van der Waals surface area (Å²) in [7, 11) is 0. The summed E-state index contributed by atoms with van der Waals surface area (Å²) < 4.78 is 7.30. The molecular formula is C68H45NO. The van der Waals surface area contributed by atoms with Crippen LogP contribution in [-0.4, -0.2) is 0 Å². The number of hydrogen-bond donors (Lipinski definition) is 0. The maximum absolute atomic E-state index is 7.30. The van der Waals surface area contributed by atoms with Crippen molar-refractivity contribution in [3.05, 3.63) is 317 Å². The molecule has 0 spiro atoms. The van der Waals surface area contributed by atoms with Gasteiger partial charge >= 0.3 is 0 Å². The van der Waals surface area contributed by atoms with Crippen LogP contribution in [0.1, 0.15) is 44.5 Å². The van der Waals surface area contributed by atoms with Crippen molar-refractivity contribution in [2.24, 2.45) is 0 Å². The Morgan fingerprint density at radius 2 is 0.786 bits per heavy atom. The first-order valence-electron chi connectivity index (χ1n) is 24.3. The molecule has 0 atom stereocenters. The highest BCUT2D eigenvalue weighted by Gasteiger charge is 2.48. The fraction of sp³-hybridized carbons (Fsp3) is 0.0294. The van der Waals surface area contributed by atoms with Gasteiger partial charge in [0.25, 0.3) is 0 Å². The van der Waals surface area contributed by atoms with Gasteiger partial charge in [0.15, 0.2) is 0 Å². The second-order valence-corrected chi connectivity index (χ2v) is 18.7. The Labute approximate surface area is 408 Å². The van der Waals surface area contributed by atoms with Gasteiger partial charge in [-0.05, 0) is 109 Å². The standard InChI is InChI=1S/C68H45NO/c1-6-21-46(22-7-1)47-37-39-52(40-38-47)69(53-41-42-55-54-31-16-18-33-58(54)68(61(55)45-53,50-27-12-4-13-28-50)51-29-14-5-15-30-51)62-35-20-36-63-65(62)57-43-44-60-64(66(57)70-63)56-32-17-19-34-59(56)67(60,48-23-8-2-9-24-48)49-25-10-3-11-26-49/h1-45H. The number of rotatable bonds is 8. The summed E-state index contributed by atoms with van der Waals surface area (Å²) in [5, 5.41) is 2.15. The summed E-state index contributed by atoms with van der Waals surface area (Å²) in [4.78, 5) is 2.45. The van der Waals surface area contributed by atoms with E-state index in [-0.39, 0.29) is 0 Å². The molecule has 328 valence electrons. The zero-order valence-electron chi connectivity index (χ0n) is 38.3. The molecule has 11 aromatic carbocycles. The first-order valence-corrected chi connectivity index (χ1v) is 24.3. The molecule has 0 fully saturated rings. The van der Waals surface area contributed by atoms with Gasteiger partial charge in [-0.25, -0.2) is 0 Å². The molecule has 0 aliphatic heterocycles. The lowest BCUT2D eigenvalue weighted by atomic mass is 9.67. The molecule has 2 heteroatoms. The Hall–Kier alpha value is -8.98. The molecular weight excluding hydrogens is 847 g/mol. The van der Waals surface area contributed by atoms with E-state index in [0.29, 0.717) is 0 Å². The molecule has 2 aliphatic carbocycles. The molecule has 0 amide bonds. The Bertz CT molecular complexity index is 3840. The second-order valence-electron chi connectivity index (χ2n) is 18.7. The van der Waals surface area contributed by atoms with Gasteiger partial charge in [-0.1, -0.05) is 237 Å². The quantitative estimate of drug-likeness (QED) is 0.151. The van der Waals surface area contributed by atoms with Gasteiger partial charge in [-0.15, -0.1) is 0 Å². The van der Waals surface area contributed by atoms with Crippen LogP contribution in [0.3, 0.4) is 0 Å². The van der Waals surface area contributed by atoms with Crippen molar-refractivity contribution >= 4 is 39.0 Å². The van der Waals surface area contributed by atoms with Crippen molar-refractivity contribution < 1.29 is 4.42 Å². The number of hydrogen-bond acceptors (Lipinski definition) is 2. The maximum atomic E-state index is 7.30. The average Bonchev–Trinajstić information content (AvgIpc) is 4.08. The van der Waals surface area contributed by atoms with Gasteiger partial charge < -0.3 is 9.32 Å². The highest BCUT2D eigenvalue weighted by Crippen LogP contribution is 2.60. The van der Waals surface area contributed by atoms with Gasteiger partial charge in [-0.2, -0.15) is 0 Å². The van der Waals surface area contributed by atoms with E-state index in [1.807, 2.05) is 0 Å². The minimum atomic E-state index is -0.556. The zero-order valence-corrected chi connectivity index (χ0v) is 38.3. The number of benzene rings is 11. The van der Waals surface area contributed by atoms with Crippen LogP contribution < -0.4 is 4.90 Å². The Balaban J connectivity index is 1.04. The van der Waals surface area contributed by atoms with Crippen LogP contribution in [0.25, 0.3) is 55.3 Å². The van der Waals surface area contributed by atoms with Crippen LogP contribution in [0.5, 0.6) is 0 Å². The molecule has 2 aliphatic rings. The smallest absolute Gasteiger partial charge is 0.143 e. The van der Waals surface area contributed by atoms with E-state index in [1.54, 1.807) is 0 Å². The number of fused-ring (bicyclic) bond motifs is 10. The third-order valence-electron chi connectivity index (χ3n) is 15.2. The highest BCUT2D eigenvalue weighted by molar-refractivity contribution is 6.18. The molecule has 0 saturated carbocycles. The van der Waals surface area contributed by atoms with E-state index in [9.17, 15) is 0 Å². The number of nitrogens with zero attached hydrogens (tertiary/aromatic N) is 1. The highest BCUT2D eigenvalue weighted by atomic mass is 16.3. The SMILES string of the molecule is c1ccc(-c2ccc(N(c3ccc4c(c3)C(c3ccccc3)(c3ccccc3)c3ccccc3-4)c3cccc4oc5c6c(ccc5c34)C(c3ccccc3)(c3ccccc3)c3ccccc3-6)cc2)cc1. The zero-order chi connectivity index (χ0) is 46.2. The van der Waals surface area contributed by atoms with Crippen LogP contribution in [0.15, 0.2) is 277 Å². The summed E-state index contributed by atoms with van der Waals surface area (Å²) in [5.74, 6) is 0. The Morgan fingerprint density at radius 1 is 0.314 bits per heavy atom. The van der Waals surface area contributed by atoms with Crippen LogP contribution >= 0.6 is 0 Å². The van der Waals surface area contributed by atoms with Gasteiger partial charge in [0.1, 0.15) is 11.2 Å². The van der Waals surface area contributed by atoms with E-state index in [1.165, 1.54) is 72.3 Å². The van der Waals surface area contributed by atoms with Crippen molar-refractivity contribution in [1.82, 2.24) is 0 Å². The molecule has 70 heavy (non-hydrogen) atoms. The van der Waals surface area contributed by atoms with Crippen molar-refractivity contribution in [1.29, 1.82) is 0 Å². The molecule has 2 nitrogen and oxygen atoms in total. The van der Waals surface area contributed by atoms with Crippen molar-refractivity contribution in [2.45, 2.75) is 10.8 Å². The predicted molar refractivity (Wildman–Crippen MR) is 288 cm³/mol. The summed E-state index contributed by atoms with van der Waals surface area (Å²) in [5.41, 5.74) is 21.0. The third kappa shape index (κ3) is 5.68. The van der Waals surface area contributed by atoms with Gasteiger partial charge in [-0.3, -0.25) is 0 Å². The van der Waals surface area contributed by atoms with E-state index >= 15 is 0 Å². The Kier molecular flexibility index (Phi) is 9.06. The molecule has 14 rings (SSSR count). The van der Waals surface area contributed by atoms with Gasteiger partial charge in [0, 0.05) is 22.3 Å². The molecule has 1 heterocycles. The maximum Gasteiger partial charge on any atom is 0.143 e. The van der Waals surface area contributed by atoms with E-state index < -0.39 is 10.8 Å². The topological polar surface area (TPSA) is 16.4 Å². The van der Waals surface area contributed by atoms with Crippen LogP contribution in [0, 0.1) is 0 Å². The molecule has 0 N–H and O–H groups in total. The molecule has 0 radical (unpaired) electrons. The molecule has 1 aromatic heterocycles. The average molecular weight is 892 g/mol. The van der Waals surface area contributed by atoms with E-state index in [4.69, 9.17) is 4.42 Å². The normalized spacial score (nSPS) is 13.7. The minimum absolute atomic E-state index is 0.539. The van der Waals surface area contributed by atoms with Crippen LogP contribution in [-0.2, 0) is 10.8 Å². The molecule has 0 bridgehead atoms. The van der Waals surface area contributed by atoms with Gasteiger partial charge in [0.2, 0.25) is 0 Å². The fourth-order valence-corrected chi connectivity index (χ4v) is 12.4. The molecule has 12 aromatic rings. The summed E-state index contributed by atoms with van der Waals surface area (Å²) in [6.07, 6.45) is 0.